The van der Waals surface area contributed by atoms with E-state index < -0.39 is 10.0 Å². The molecule has 1 N–H and O–H groups in total. The maximum absolute atomic E-state index is 13.9. The van der Waals surface area contributed by atoms with Crippen molar-refractivity contribution < 1.29 is 12.8 Å². The molecule has 0 unspecified atom stereocenters. The number of aryl methyl sites for hydroxylation is 2. The van der Waals surface area contributed by atoms with E-state index in [-0.39, 0.29) is 5.82 Å². The molecule has 2 aromatic rings. The molecule has 5 nitrogen and oxygen atoms in total. The van der Waals surface area contributed by atoms with E-state index >= 15 is 0 Å². The third kappa shape index (κ3) is 5.10. The summed E-state index contributed by atoms with van der Waals surface area (Å²) in [6.45, 7) is 8.23. The van der Waals surface area contributed by atoms with Gasteiger partial charge < -0.3 is 4.90 Å². The number of anilines is 1. The SMILES string of the molecule is Cc1ccc(S(=O)(=O)NCCCN2CCN(c3ccccc3F)CC2)c(C)c1. The van der Waals surface area contributed by atoms with Gasteiger partial charge in [0.15, 0.2) is 0 Å². The van der Waals surface area contributed by atoms with Crippen LogP contribution in [0, 0.1) is 19.7 Å². The largest absolute Gasteiger partial charge is 0.367 e. The Balaban J connectivity index is 1.43. The smallest absolute Gasteiger partial charge is 0.240 e. The Bertz CT molecular complexity index is 910. The highest BCUT2D eigenvalue weighted by Gasteiger charge is 2.20. The molecule has 0 aromatic heterocycles. The predicted molar refractivity (Wildman–Crippen MR) is 111 cm³/mol. The minimum Gasteiger partial charge on any atom is -0.367 e. The number of piperazine rings is 1. The van der Waals surface area contributed by atoms with Crippen molar-refractivity contribution in [2.24, 2.45) is 0 Å². The van der Waals surface area contributed by atoms with Crippen LogP contribution in [0.25, 0.3) is 0 Å². The third-order valence-electron chi connectivity index (χ3n) is 5.13. The lowest BCUT2D eigenvalue weighted by Crippen LogP contribution is -2.47. The van der Waals surface area contributed by atoms with Gasteiger partial charge in [-0.2, -0.15) is 0 Å². The molecule has 0 aliphatic carbocycles. The number of nitrogens with one attached hydrogen (secondary N) is 1. The van der Waals surface area contributed by atoms with E-state index in [0.717, 1.165) is 50.3 Å². The number of sulfonamides is 1. The zero-order chi connectivity index (χ0) is 20.1. The van der Waals surface area contributed by atoms with Crippen molar-refractivity contribution in [1.29, 1.82) is 0 Å². The Hall–Kier alpha value is -1.96. The molecule has 1 aliphatic heterocycles. The quantitative estimate of drug-likeness (QED) is 0.720. The summed E-state index contributed by atoms with van der Waals surface area (Å²) in [4.78, 5) is 4.70. The minimum atomic E-state index is -3.48. The van der Waals surface area contributed by atoms with Crippen LogP contribution in [0.15, 0.2) is 47.4 Å². The van der Waals surface area contributed by atoms with E-state index in [1.807, 2.05) is 38.1 Å². The molecule has 1 heterocycles. The fourth-order valence-corrected chi connectivity index (χ4v) is 4.91. The molecule has 0 radical (unpaired) electrons. The number of rotatable bonds is 7. The normalized spacial score (nSPS) is 15.8. The van der Waals surface area contributed by atoms with Gasteiger partial charge in [0.1, 0.15) is 5.82 Å². The van der Waals surface area contributed by atoms with Crippen molar-refractivity contribution in [2.45, 2.75) is 25.2 Å². The summed E-state index contributed by atoms with van der Waals surface area (Å²) in [5.74, 6) is -0.184. The Morgan fingerprint density at radius 1 is 1.04 bits per heavy atom. The van der Waals surface area contributed by atoms with Gasteiger partial charge in [0, 0.05) is 32.7 Å². The zero-order valence-corrected chi connectivity index (χ0v) is 17.3. The second-order valence-electron chi connectivity index (χ2n) is 7.30. The number of hydrogen-bond donors (Lipinski definition) is 1. The predicted octanol–water partition coefficient (Wildman–Crippen LogP) is 2.93. The number of benzene rings is 2. The molecule has 0 atom stereocenters. The van der Waals surface area contributed by atoms with Crippen LogP contribution in [-0.4, -0.2) is 52.6 Å². The summed E-state index contributed by atoms with van der Waals surface area (Å²) in [5, 5.41) is 0. The first-order chi connectivity index (χ1) is 13.4. The Morgan fingerprint density at radius 2 is 1.75 bits per heavy atom. The van der Waals surface area contributed by atoms with Gasteiger partial charge in [0.25, 0.3) is 0 Å². The Labute approximate surface area is 167 Å². The van der Waals surface area contributed by atoms with E-state index in [4.69, 9.17) is 0 Å². The fourth-order valence-electron chi connectivity index (χ4n) is 3.61. The van der Waals surface area contributed by atoms with Crippen molar-refractivity contribution in [3.8, 4) is 0 Å². The van der Waals surface area contributed by atoms with Gasteiger partial charge in [0.05, 0.1) is 10.6 Å². The lowest BCUT2D eigenvalue weighted by molar-refractivity contribution is 0.255. The van der Waals surface area contributed by atoms with Crippen molar-refractivity contribution in [2.75, 3.05) is 44.2 Å². The molecule has 0 saturated carbocycles. The van der Waals surface area contributed by atoms with Crippen LogP contribution in [-0.2, 0) is 10.0 Å². The molecule has 7 heteroatoms. The summed E-state index contributed by atoms with van der Waals surface area (Å²) in [6, 6.07) is 12.2. The second kappa shape index (κ2) is 9.03. The van der Waals surface area contributed by atoms with Crippen LogP contribution in [0.4, 0.5) is 10.1 Å². The Morgan fingerprint density at radius 3 is 2.43 bits per heavy atom. The van der Waals surface area contributed by atoms with Crippen LogP contribution in [0.2, 0.25) is 0 Å². The summed E-state index contributed by atoms with van der Waals surface area (Å²) in [5.41, 5.74) is 2.46. The van der Waals surface area contributed by atoms with Crippen LogP contribution in [0.1, 0.15) is 17.5 Å². The average Bonchev–Trinajstić information content (AvgIpc) is 2.66. The molecule has 0 spiro atoms. The van der Waals surface area contributed by atoms with E-state index in [9.17, 15) is 12.8 Å². The number of para-hydroxylation sites is 1. The molecule has 1 aliphatic rings. The van der Waals surface area contributed by atoms with Crippen molar-refractivity contribution in [3.05, 3.63) is 59.4 Å². The van der Waals surface area contributed by atoms with Gasteiger partial charge in [-0.3, -0.25) is 4.90 Å². The monoisotopic (exact) mass is 405 g/mol. The first-order valence-corrected chi connectivity index (χ1v) is 11.1. The van der Waals surface area contributed by atoms with Gasteiger partial charge in [-0.15, -0.1) is 0 Å². The van der Waals surface area contributed by atoms with Crippen LogP contribution in [0.5, 0.6) is 0 Å². The molecule has 0 bridgehead atoms. The molecule has 0 amide bonds. The van der Waals surface area contributed by atoms with E-state index in [2.05, 4.69) is 14.5 Å². The molecular formula is C21H28FN3O2S. The molecule has 152 valence electrons. The van der Waals surface area contributed by atoms with Gasteiger partial charge in [-0.1, -0.05) is 29.8 Å². The number of hydrogen-bond acceptors (Lipinski definition) is 4. The third-order valence-corrected chi connectivity index (χ3v) is 6.75. The molecule has 1 saturated heterocycles. The van der Waals surface area contributed by atoms with Crippen molar-refractivity contribution in [3.63, 3.8) is 0 Å². The van der Waals surface area contributed by atoms with Gasteiger partial charge in [0.2, 0.25) is 10.0 Å². The van der Waals surface area contributed by atoms with E-state index in [1.54, 1.807) is 12.1 Å². The van der Waals surface area contributed by atoms with Crippen LogP contribution in [0.3, 0.4) is 0 Å². The lowest BCUT2D eigenvalue weighted by Gasteiger charge is -2.36. The first kappa shape index (κ1) is 20.8. The maximum Gasteiger partial charge on any atom is 0.240 e. The molecule has 28 heavy (non-hydrogen) atoms. The molecular weight excluding hydrogens is 377 g/mol. The highest BCUT2D eigenvalue weighted by molar-refractivity contribution is 7.89. The van der Waals surface area contributed by atoms with E-state index in [1.165, 1.54) is 6.07 Å². The summed E-state index contributed by atoms with van der Waals surface area (Å²) in [7, 11) is -3.48. The number of nitrogens with zero attached hydrogens (tertiary/aromatic N) is 2. The van der Waals surface area contributed by atoms with Crippen LogP contribution < -0.4 is 9.62 Å². The second-order valence-corrected chi connectivity index (χ2v) is 9.04. The first-order valence-electron chi connectivity index (χ1n) is 9.65. The number of halogens is 1. The maximum atomic E-state index is 13.9. The van der Waals surface area contributed by atoms with Crippen molar-refractivity contribution in [1.82, 2.24) is 9.62 Å². The zero-order valence-electron chi connectivity index (χ0n) is 16.5. The highest BCUT2D eigenvalue weighted by atomic mass is 32.2. The summed E-state index contributed by atoms with van der Waals surface area (Å²) in [6.07, 6.45) is 0.740. The standard InChI is InChI=1S/C21H28FN3O2S/c1-17-8-9-21(18(2)16-17)28(26,27)23-10-5-11-24-12-14-25(15-13-24)20-7-4-3-6-19(20)22/h3-4,6-9,16,23H,5,10-15H2,1-2H3. The summed E-state index contributed by atoms with van der Waals surface area (Å²) >= 11 is 0. The summed E-state index contributed by atoms with van der Waals surface area (Å²) < 4.78 is 41.6. The van der Waals surface area contributed by atoms with E-state index in [0.29, 0.717) is 17.1 Å². The Kier molecular flexibility index (Phi) is 6.69. The van der Waals surface area contributed by atoms with Gasteiger partial charge >= 0.3 is 0 Å². The molecule has 1 fully saturated rings. The van der Waals surface area contributed by atoms with Crippen LogP contribution >= 0.6 is 0 Å². The minimum absolute atomic E-state index is 0.184. The highest BCUT2D eigenvalue weighted by Crippen LogP contribution is 2.20. The molecule has 3 rings (SSSR count). The topological polar surface area (TPSA) is 52.7 Å². The van der Waals surface area contributed by atoms with Gasteiger partial charge in [-0.05, 0) is 50.6 Å². The fraction of sp³-hybridized carbons (Fsp3) is 0.429. The average molecular weight is 406 g/mol. The molecule has 2 aromatic carbocycles. The van der Waals surface area contributed by atoms with Crippen molar-refractivity contribution >= 4 is 15.7 Å². The van der Waals surface area contributed by atoms with Gasteiger partial charge in [-0.25, -0.2) is 17.5 Å². The lowest BCUT2D eigenvalue weighted by atomic mass is 10.2.